The normalized spacial score (nSPS) is 8.73. The fourth-order valence-electron chi connectivity index (χ4n) is 1.10. The van der Waals surface area contributed by atoms with E-state index >= 15 is 0 Å². The first-order chi connectivity index (χ1) is 7.19. The fourth-order valence-corrected chi connectivity index (χ4v) is 1.10. The highest BCUT2D eigenvalue weighted by molar-refractivity contribution is 5.34. The second-order valence-electron chi connectivity index (χ2n) is 3.38. The summed E-state index contributed by atoms with van der Waals surface area (Å²) in [4.78, 5) is 0. The lowest BCUT2D eigenvalue weighted by Gasteiger charge is -1.98. The standard InChI is InChI=1S/C10H10FN.C3H8/c1-2-3-8-4-5-10(11)9(6-8)7-12;1-3-2/h4-6H,2-3H2,1H3;3H2,1-2H3. The van der Waals surface area contributed by atoms with E-state index in [0.29, 0.717) is 0 Å². The van der Waals surface area contributed by atoms with Crippen molar-refractivity contribution in [3.63, 3.8) is 0 Å². The van der Waals surface area contributed by atoms with Crippen LogP contribution in [-0.4, -0.2) is 0 Å². The van der Waals surface area contributed by atoms with Gasteiger partial charge in [0.25, 0.3) is 0 Å². The smallest absolute Gasteiger partial charge is 0.140 e. The molecule has 0 aliphatic heterocycles. The Balaban J connectivity index is 0.000000583. The van der Waals surface area contributed by atoms with Crippen LogP contribution in [0.15, 0.2) is 18.2 Å². The van der Waals surface area contributed by atoms with Crippen LogP contribution in [0.25, 0.3) is 0 Å². The van der Waals surface area contributed by atoms with E-state index in [1.54, 1.807) is 12.1 Å². The Morgan fingerprint density at radius 2 is 1.87 bits per heavy atom. The molecule has 0 saturated heterocycles. The molecular weight excluding hydrogens is 189 g/mol. The van der Waals surface area contributed by atoms with E-state index in [9.17, 15) is 4.39 Å². The summed E-state index contributed by atoms with van der Waals surface area (Å²) < 4.78 is 12.8. The number of nitrogens with zero attached hydrogens (tertiary/aromatic N) is 1. The summed E-state index contributed by atoms with van der Waals surface area (Å²) in [5.41, 5.74) is 1.16. The first kappa shape index (κ1) is 13.6. The molecule has 0 bridgehead atoms. The second kappa shape index (κ2) is 7.99. The van der Waals surface area contributed by atoms with Gasteiger partial charge in [-0.2, -0.15) is 5.26 Å². The Hall–Kier alpha value is -1.36. The van der Waals surface area contributed by atoms with Crippen LogP contribution in [0.5, 0.6) is 0 Å². The van der Waals surface area contributed by atoms with E-state index < -0.39 is 5.82 Å². The zero-order valence-electron chi connectivity index (χ0n) is 9.68. The van der Waals surface area contributed by atoms with Gasteiger partial charge in [-0.25, -0.2) is 4.39 Å². The first-order valence-corrected chi connectivity index (χ1v) is 5.38. The Morgan fingerprint density at radius 1 is 1.27 bits per heavy atom. The molecule has 1 aromatic carbocycles. The highest BCUT2D eigenvalue weighted by atomic mass is 19.1. The number of nitriles is 1. The minimum Gasteiger partial charge on any atom is -0.206 e. The zero-order chi connectivity index (χ0) is 11.7. The van der Waals surface area contributed by atoms with E-state index in [4.69, 9.17) is 5.26 Å². The van der Waals surface area contributed by atoms with Gasteiger partial charge in [0.15, 0.2) is 0 Å². The molecular formula is C13H18FN. The number of rotatable bonds is 2. The summed E-state index contributed by atoms with van der Waals surface area (Å²) in [6.07, 6.45) is 3.16. The van der Waals surface area contributed by atoms with Crippen LogP contribution in [0.1, 0.15) is 44.7 Å². The zero-order valence-corrected chi connectivity index (χ0v) is 9.68. The maximum atomic E-state index is 12.8. The first-order valence-electron chi connectivity index (χ1n) is 5.38. The van der Waals surface area contributed by atoms with E-state index in [0.717, 1.165) is 18.4 Å². The molecule has 1 aromatic rings. The van der Waals surface area contributed by atoms with Crippen molar-refractivity contribution in [3.8, 4) is 6.07 Å². The molecule has 0 aliphatic rings. The minimum absolute atomic E-state index is 0.140. The molecule has 0 atom stereocenters. The number of hydrogen-bond acceptors (Lipinski definition) is 1. The van der Waals surface area contributed by atoms with Gasteiger partial charge >= 0.3 is 0 Å². The Morgan fingerprint density at radius 3 is 2.33 bits per heavy atom. The quantitative estimate of drug-likeness (QED) is 0.717. The van der Waals surface area contributed by atoms with Crippen LogP contribution in [0.4, 0.5) is 4.39 Å². The summed E-state index contributed by atoms with van der Waals surface area (Å²) >= 11 is 0. The van der Waals surface area contributed by atoms with Crippen LogP contribution in [0.2, 0.25) is 0 Å². The lowest BCUT2D eigenvalue weighted by atomic mass is 10.1. The number of halogens is 1. The van der Waals surface area contributed by atoms with Crippen LogP contribution < -0.4 is 0 Å². The molecule has 0 radical (unpaired) electrons. The molecule has 0 saturated carbocycles. The van der Waals surface area contributed by atoms with Gasteiger partial charge in [-0.3, -0.25) is 0 Å². The lowest BCUT2D eigenvalue weighted by Crippen LogP contribution is -1.88. The van der Waals surface area contributed by atoms with Gasteiger partial charge in [-0.15, -0.1) is 0 Å². The van der Waals surface area contributed by atoms with Crippen LogP contribution in [0.3, 0.4) is 0 Å². The average molecular weight is 207 g/mol. The van der Waals surface area contributed by atoms with Crippen LogP contribution in [-0.2, 0) is 6.42 Å². The molecule has 1 nitrogen and oxygen atoms in total. The molecule has 82 valence electrons. The van der Waals surface area contributed by atoms with Crippen molar-refractivity contribution in [1.82, 2.24) is 0 Å². The van der Waals surface area contributed by atoms with Crippen molar-refractivity contribution in [2.45, 2.75) is 40.0 Å². The summed E-state index contributed by atoms with van der Waals surface area (Å²) in [6.45, 7) is 6.30. The van der Waals surface area contributed by atoms with Gasteiger partial charge in [0.05, 0.1) is 5.56 Å². The van der Waals surface area contributed by atoms with Gasteiger partial charge in [-0.05, 0) is 24.1 Å². The van der Waals surface area contributed by atoms with Crippen molar-refractivity contribution in [2.75, 3.05) is 0 Å². The Labute approximate surface area is 91.5 Å². The molecule has 15 heavy (non-hydrogen) atoms. The van der Waals surface area contributed by atoms with Crippen molar-refractivity contribution in [1.29, 1.82) is 5.26 Å². The topological polar surface area (TPSA) is 23.8 Å². The van der Waals surface area contributed by atoms with Gasteiger partial charge < -0.3 is 0 Å². The maximum absolute atomic E-state index is 12.8. The highest BCUT2D eigenvalue weighted by Gasteiger charge is 2.01. The molecule has 1 rings (SSSR count). The predicted octanol–water partition coefficient (Wildman–Crippen LogP) is 4.07. The molecule has 0 aromatic heterocycles. The maximum Gasteiger partial charge on any atom is 0.140 e. The number of hydrogen-bond donors (Lipinski definition) is 0. The van der Waals surface area contributed by atoms with Crippen molar-refractivity contribution >= 4 is 0 Å². The fraction of sp³-hybridized carbons (Fsp3) is 0.462. The second-order valence-corrected chi connectivity index (χ2v) is 3.38. The third-order valence-electron chi connectivity index (χ3n) is 1.69. The predicted molar refractivity (Wildman–Crippen MR) is 61.1 cm³/mol. The molecule has 0 amide bonds. The molecule has 0 aliphatic carbocycles. The minimum atomic E-state index is -0.433. The Bertz CT molecular complexity index is 326. The number of aryl methyl sites for hydroxylation is 1. The lowest BCUT2D eigenvalue weighted by molar-refractivity contribution is 0.623. The summed E-state index contributed by atoms with van der Waals surface area (Å²) in [5.74, 6) is -0.433. The molecule has 0 spiro atoms. The van der Waals surface area contributed by atoms with Gasteiger partial charge in [0.2, 0.25) is 0 Å². The third-order valence-corrected chi connectivity index (χ3v) is 1.69. The van der Waals surface area contributed by atoms with E-state index in [1.165, 1.54) is 12.5 Å². The highest BCUT2D eigenvalue weighted by Crippen LogP contribution is 2.10. The summed E-state index contributed by atoms with van der Waals surface area (Å²) in [6, 6.07) is 6.50. The summed E-state index contributed by atoms with van der Waals surface area (Å²) in [5, 5.41) is 8.52. The van der Waals surface area contributed by atoms with Gasteiger partial charge in [0.1, 0.15) is 11.9 Å². The monoisotopic (exact) mass is 207 g/mol. The van der Waals surface area contributed by atoms with Crippen LogP contribution >= 0.6 is 0 Å². The largest absolute Gasteiger partial charge is 0.206 e. The van der Waals surface area contributed by atoms with E-state index in [1.807, 2.05) is 6.07 Å². The van der Waals surface area contributed by atoms with Crippen molar-refractivity contribution in [3.05, 3.63) is 35.1 Å². The SMILES string of the molecule is CCC.CCCc1ccc(F)c(C#N)c1. The third kappa shape index (κ3) is 5.17. The van der Waals surface area contributed by atoms with E-state index in [2.05, 4.69) is 20.8 Å². The molecule has 2 heteroatoms. The molecule has 0 fully saturated rings. The number of benzene rings is 1. The van der Waals surface area contributed by atoms with Gasteiger partial charge in [0, 0.05) is 0 Å². The molecule has 0 unspecified atom stereocenters. The Kier molecular flexibility index (Phi) is 7.27. The van der Waals surface area contributed by atoms with Crippen molar-refractivity contribution < 1.29 is 4.39 Å². The molecule has 0 N–H and O–H groups in total. The van der Waals surface area contributed by atoms with Crippen molar-refractivity contribution in [2.24, 2.45) is 0 Å². The summed E-state index contributed by atoms with van der Waals surface area (Å²) in [7, 11) is 0. The molecule has 0 heterocycles. The average Bonchev–Trinajstić information content (AvgIpc) is 2.22. The van der Waals surface area contributed by atoms with Crippen LogP contribution in [0, 0.1) is 17.1 Å². The van der Waals surface area contributed by atoms with E-state index in [-0.39, 0.29) is 5.56 Å². The van der Waals surface area contributed by atoms with Gasteiger partial charge in [-0.1, -0.05) is 39.7 Å².